The van der Waals surface area contributed by atoms with Crippen LogP contribution in [0.25, 0.3) is 0 Å². The fraction of sp³-hybridized carbons (Fsp3) is 0.143. The third kappa shape index (κ3) is 2.42. The van der Waals surface area contributed by atoms with Gasteiger partial charge in [-0.05, 0) is 37.1 Å². The third-order valence-electron chi connectivity index (χ3n) is 2.76. The van der Waals surface area contributed by atoms with E-state index in [4.69, 9.17) is 5.73 Å². The van der Waals surface area contributed by atoms with Crippen LogP contribution in [-0.2, 0) is 0 Å². The molecular weight excluding hydrogens is 234 g/mol. The van der Waals surface area contributed by atoms with Crippen molar-refractivity contribution in [2.24, 2.45) is 0 Å². The van der Waals surface area contributed by atoms with E-state index < -0.39 is 11.6 Å². The highest BCUT2D eigenvalue weighted by Crippen LogP contribution is 2.28. The molecule has 18 heavy (non-hydrogen) atoms. The number of nitrogens with one attached hydrogen (secondary N) is 1. The number of aryl methyl sites for hydroxylation is 2. The zero-order valence-electron chi connectivity index (χ0n) is 10.2. The lowest BCUT2D eigenvalue weighted by atomic mass is 10.1. The van der Waals surface area contributed by atoms with Gasteiger partial charge < -0.3 is 11.1 Å². The van der Waals surface area contributed by atoms with Crippen molar-refractivity contribution in [3.8, 4) is 0 Å². The number of rotatable bonds is 2. The van der Waals surface area contributed by atoms with E-state index in [-0.39, 0.29) is 11.4 Å². The van der Waals surface area contributed by atoms with Crippen molar-refractivity contribution in [2.45, 2.75) is 13.8 Å². The first-order valence-corrected chi connectivity index (χ1v) is 5.56. The summed E-state index contributed by atoms with van der Waals surface area (Å²) in [6, 6.07) is 7.75. The monoisotopic (exact) mass is 248 g/mol. The van der Waals surface area contributed by atoms with Crippen LogP contribution in [0.5, 0.6) is 0 Å². The quantitative estimate of drug-likeness (QED) is 0.791. The molecule has 0 aliphatic carbocycles. The summed E-state index contributed by atoms with van der Waals surface area (Å²) in [5.74, 6) is -1.42. The number of nitrogens with two attached hydrogens (primary N) is 1. The Kier molecular flexibility index (Phi) is 3.19. The van der Waals surface area contributed by atoms with E-state index in [9.17, 15) is 8.78 Å². The van der Waals surface area contributed by atoms with Crippen molar-refractivity contribution in [3.63, 3.8) is 0 Å². The summed E-state index contributed by atoms with van der Waals surface area (Å²) in [5, 5.41) is 2.96. The Morgan fingerprint density at radius 1 is 1.00 bits per heavy atom. The maximum Gasteiger partial charge on any atom is 0.151 e. The van der Waals surface area contributed by atoms with Gasteiger partial charge in [0.1, 0.15) is 5.82 Å². The normalized spacial score (nSPS) is 10.4. The Balaban J connectivity index is 2.43. The molecule has 2 aromatic carbocycles. The predicted octanol–water partition coefficient (Wildman–Crippen LogP) is 3.91. The van der Waals surface area contributed by atoms with Crippen LogP contribution in [0, 0.1) is 25.5 Å². The van der Waals surface area contributed by atoms with Crippen LogP contribution in [0.15, 0.2) is 30.3 Å². The van der Waals surface area contributed by atoms with Gasteiger partial charge in [-0.1, -0.05) is 12.1 Å². The highest BCUT2D eigenvalue weighted by atomic mass is 19.1. The third-order valence-corrected chi connectivity index (χ3v) is 2.76. The number of hydrogen-bond acceptors (Lipinski definition) is 2. The molecule has 0 atom stereocenters. The molecule has 0 aliphatic rings. The molecule has 0 spiro atoms. The Labute approximate surface area is 104 Å². The Hall–Kier alpha value is -2.10. The number of hydrogen-bond donors (Lipinski definition) is 2. The van der Waals surface area contributed by atoms with Crippen LogP contribution < -0.4 is 11.1 Å². The highest BCUT2D eigenvalue weighted by molar-refractivity contribution is 5.74. The largest absolute Gasteiger partial charge is 0.395 e. The first-order valence-electron chi connectivity index (χ1n) is 5.56. The number of nitrogen functional groups attached to an aromatic ring is 1. The van der Waals surface area contributed by atoms with E-state index in [1.54, 1.807) is 0 Å². The van der Waals surface area contributed by atoms with E-state index in [2.05, 4.69) is 5.32 Å². The average Bonchev–Trinajstić information content (AvgIpc) is 2.30. The fourth-order valence-corrected chi connectivity index (χ4v) is 1.70. The van der Waals surface area contributed by atoms with Gasteiger partial charge in [-0.2, -0.15) is 0 Å². The van der Waals surface area contributed by atoms with E-state index in [0.717, 1.165) is 22.9 Å². The lowest BCUT2D eigenvalue weighted by Gasteiger charge is -2.13. The molecule has 2 nitrogen and oxygen atoms in total. The predicted molar refractivity (Wildman–Crippen MR) is 70.0 cm³/mol. The van der Waals surface area contributed by atoms with Gasteiger partial charge in [0.05, 0.1) is 11.4 Å². The molecule has 0 bridgehead atoms. The second-order valence-electron chi connectivity index (χ2n) is 4.29. The lowest BCUT2D eigenvalue weighted by Crippen LogP contribution is -2.01. The van der Waals surface area contributed by atoms with E-state index >= 15 is 0 Å². The summed E-state index contributed by atoms with van der Waals surface area (Å²) in [6.07, 6.45) is 0. The molecule has 0 saturated carbocycles. The minimum absolute atomic E-state index is 0.0858. The number of anilines is 3. The number of halogens is 2. The van der Waals surface area contributed by atoms with Crippen molar-refractivity contribution in [1.82, 2.24) is 0 Å². The topological polar surface area (TPSA) is 38.0 Å². The van der Waals surface area contributed by atoms with Crippen LogP contribution in [0.4, 0.5) is 25.8 Å². The average molecular weight is 248 g/mol. The van der Waals surface area contributed by atoms with Gasteiger partial charge in [-0.3, -0.25) is 0 Å². The molecule has 0 radical (unpaired) electrons. The molecule has 0 fully saturated rings. The fourth-order valence-electron chi connectivity index (χ4n) is 1.70. The first-order chi connectivity index (χ1) is 8.47. The molecule has 0 saturated heterocycles. The van der Waals surface area contributed by atoms with E-state index in [1.165, 1.54) is 6.07 Å². The molecule has 3 N–H and O–H groups in total. The number of benzene rings is 2. The minimum atomic E-state index is -0.761. The summed E-state index contributed by atoms with van der Waals surface area (Å²) in [4.78, 5) is 0. The van der Waals surface area contributed by atoms with Gasteiger partial charge in [0.25, 0.3) is 0 Å². The maximum absolute atomic E-state index is 13.3. The molecule has 0 amide bonds. The van der Waals surface area contributed by atoms with Crippen LogP contribution >= 0.6 is 0 Å². The van der Waals surface area contributed by atoms with Crippen LogP contribution in [-0.4, -0.2) is 0 Å². The van der Waals surface area contributed by atoms with E-state index in [0.29, 0.717) is 0 Å². The molecular formula is C14H14F2N2. The van der Waals surface area contributed by atoms with Gasteiger partial charge in [0, 0.05) is 11.8 Å². The standard InChI is InChI=1S/C14H14F2N2/c1-8-3-4-9(2)12(5-8)18-13-7-10(15)6-11(16)14(13)17/h3-7,18H,17H2,1-2H3. The molecule has 2 aromatic rings. The van der Waals surface area contributed by atoms with Crippen molar-refractivity contribution < 1.29 is 8.78 Å². The van der Waals surface area contributed by atoms with Crippen molar-refractivity contribution in [1.29, 1.82) is 0 Å². The van der Waals surface area contributed by atoms with Gasteiger partial charge in [-0.15, -0.1) is 0 Å². The molecule has 0 aromatic heterocycles. The maximum atomic E-state index is 13.3. The highest BCUT2D eigenvalue weighted by Gasteiger charge is 2.09. The molecule has 2 rings (SSSR count). The smallest absolute Gasteiger partial charge is 0.151 e. The van der Waals surface area contributed by atoms with Crippen LogP contribution in [0.2, 0.25) is 0 Å². The zero-order chi connectivity index (χ0) is 13.3. The molecule has 94 valence electrons. The second-order valence-corrected chi connectivity index (χ2v) is 4.29. The molecule has 0 aliphatic heterocycles. The Bertz CT molecular complexity index is 595. The summed E-state index contributed by atoms with van der Waals surface area (Å²) in [7, 11) is 0. The van der Waals surface area contributed by atoms with Gasteiger partial charge >= 0.3 is 0 Å². The summed E-state index contributed by atoms with van der Waals surface area (Å²) < 4.78 is 26.5. The molecule has 0 heterocycles. The van der Waals surface area contributed by atoms with Gasteiger partial charge in [0.2, 0.25) is 0 Å². The summed E-state index contributed by atoms with van der Waals surface area (Å²) in [5.41, 5.74) is 8.55. The van der Waals surface area contributed by atoms with Crippen molar-refractivity contribution in [2.75, 3.05) is 11.1 Å². The van der Waals surface area contributed by atoms with Gasteiger partial charge in [0.15, 0.2) is 5.82 Å². The van der Waals surface area contributed by atoms with Crippen molar-refractivity contribution in [3.05, 3.63) is 53.1 Å². The minimum Gasteiger partial charge on any atom is -0.395 e. The Morgan fingerprint density at radius 3 is 2.44 bits per heavy atom. The van der Waals surface area contributed by atoms with E-state index in [1.807, 2.05) is 32.0 Å². The molecule has 4 heteroatoms. The second kappa shape index (κ2) is 4.64. The van der Waals surface area contributed by atoms with Gasteiger partial charge in [-0.25, -0.2) is 8.78 Å². The lowest BCUT2D eigenvalue weighted by molar-refractivity contribution is 0.587. The van der Waals surface area contributed by atoms with Crippen LogP contribution in [0.1, 0.15) is 11.1 Å². The molecule has 0 unspecified atom stereocenters. The Morgan fingerprint density at radius 2 is 1.72 bits per heavy atom. The summed E-state index contributed by atoms with van der Waals surface area (Å²) in [6.45, 7) is 3.85. The SMILES string of the molecule is Cc1ccc(C)c(Nc2cc(F)cc(F)c2N)c1. The van der Waals surface area contributed by atoms with Crippen molar-refractivity contribution >= 4 is 17.1 Å². The first kappa shape index (κ1) is 12.4. The summed E-state index contributed by atoms with van der Waals surface area (Å²) >= 11 is 0. The zero-order valence-corrected chi connectivity index (χ0v) is 10.2. The van der Waals surface area contributed by atoms with Crippen LogP contribution in [0.3, 0.4) is 0 Å².